The van der Waals surface area contributed by atoms with Gasteiger partial charge in [-0.05, 0) is 60.0 Å². The summed E-state index contributed by atoms with van der Waals surface area (Å²) in [4.78, 5) is 15.2. The van der Waals surface area contributed by atoms with Crippen LogP contribution in [0, 0.1) is 0 Å². The zero-order chi connectivity index (χ0) is 23.8. The number of H-pyrrole nitrogens is 1. The van der Waals surface area contributed by atoms with E-state index in [4.69, 9.17) is 16.3 Å². The van der Waals surface area contributed by atoms with Crippen LogP contribution in [0.3, 0.4) is 0 Å². The first kappa shape index (κ1) is 21.9. The van der Waals surface area contributed by atoms with Gasteiger partial charge in [0.15, 0.2) is 0 Å². The average Bonchev–Trinajstić information content (AvgIpc) is 3.38. The molecule has 1 amide bonds. The number of halogens is 1. The second-order valence-electron chi connectivity index (χ2n) is 8.12. The van der Waals surface area contributed by atoms with Crippen LogP contribution >= 0.6 is 11.6 Å². The quantitative estimate of drug-likeness (QED) is 0.367. The van der Waals surface area contributed by atoms with Gasteiger partial charge in [0.2, 0.25) is 0 Å². The number of aromatic hydroxyl groups is 2. The summed E-state index contributed by atoms with van der Waals surface area (Å²) in [5.74, 6) is 0.685. The van der Waals surface area contributed by atoms with Crippen LogP contribution < -0.4 is 4.74 Å². The summed E-state index contributed by atoms with van der Waals surface area (Å²) in [6, 6.07) is 18.8. The highest BCUT2D eigenvalue weighted by atomic mass is 35.5. The number of rotatable bonds is 6. The molecule has 0 radical (unpaired) electrons. The fraction of sp³-hybridized carbons (Fsp3) is 0.154. The molecule has 0 aliphatic carbocycles. The Morgan fingerprint density at radius 3 is 2.62 bits per heavy atom. The molecule has 1 atom stereocenters. The second-order valence-corrected chi connectivity index (χ2v) is 8.55. The summed E-state index contributed by atoms with van der Waals surface area (Å²) in [6.45, 7) is 0.439. The number of methoxy groups -OCH3 is 1. The SMILES string of the molecule is COc1ccc(CCN2C(=O)c3[nH]nc(-c4cc(Cl)ccc4O)c3C2c2cccc(O)c2)cc1. The first-order chi connectivity index (χ1) is 16.5. The molecule has 0 bridgehead atoms. The fourth-order valence-corrected chi connectivity index (χ4v) is 4.59. The summed E-state index contributed by atoms with van der Waals surface area (Å²) in [5, 5.41) is 28.3. The highest BCUT2D eigenvalue weighted by Crippen LogP contribution is 2.45. The zero-order valence-corrected chi connectivity index (χ0v) is 19.1. The molecule has 5 rings (SSSR count). The molecule has 3 aromatic carbocycles. The molecule has 0 fully saturated rings. The van der Waals surface area contributed by atoms with Crippen LogP contribution in [0.25, 0.3) is 11.3 Å². The number of fused-ring (bicyclic) bond motifs is 1. The van der Waals surface area contributed by atoms with Crippen LogP contribution in [0.1, 0.15) is 33.2 Å². The van der Waals surface area contributed by atoms with Gasteiger partial charge in [0.1, 0.15) is 28.6 Å². The lowest BCUT2D eigenvalue weighted by Crippen LogP contribution is -2.31. The molecule has 4 aromatic rings. The first-order valence-corrected chi connectivity index (χ1v) is 11.1. The van der Waals surface area contributed by atoms with Crippen LogP contribution in [-0.2, 0) is 6.42 Å². The highest BCUT2D eigenvalue weighted by Gasteiger charge is 2.42. The standard InChI is InChI=1S/C26H22ClN3O4/c1-34-19-8-5-15(6-9-19)11-12-30-25(16-3-2-4-18(31)13-16)22-23(28-29-24(22)26(30)33)20-14-17(27)7-10-21(20)32/h2-10,13-14,25,31-32H,11-12H2,1H3,(H,28,29). The third-order valence-corrected chi connectivity index (χ3v) is 6.30. The van der Waals surface area contributed by atoms with E-state index in [1.54, 1.807) is 42.3 Å². The maximum atomic E-state index is 13.5. The fourth-order valence-electron chi connectivity index (χ4n) is 4.41. The number of nitrogens with zero attached hydrogens (tertiary/aromatic N) is 2. The molecule has 1 unspecified atom stereocenters. The number of carbonyl (C=O) groups is 1. The maximum Gasteiger partial charge on any atom is 0.273 e. The second kappa shape index (κ2) is 8.76. The summed E-state index contributed by atoms with van der Waals surface area (Å²) in [6.07, 6.45) is 0.625. The predicted octanol–water partition coefficient (Wildman–Crippen LogP) is 4.94. The molecule has 0 saturated heterocycles. The number of amides is 1. The van der Waals surface area contributed by atoms with E-state index in [0.29, 0.717) is 40.5 Å². The molecule has 172 valence electrons. The number of aromatic amines is 1. The minimum absolute atomic E-state index is 0.0116. The van der Waals surface area contributed by atoms with Crippen molar-refractivity contribution in [3.8, 4) is 28.5 Å². The van der Waals surface area contributed by atoms with E-state index in [2.05, 4.69) is 10.2 Å². The molecule has 7 nitrogen and oxygen atoms in total. The minimum Gasteiger partial charge on any atom is -0.508 e. The van der Waals surface area contributed by atoms with Gasteiger partial charge in [0.25, 0.3) is 5.91 Å². The zero-order valence-electron chi connectivity index (χ0n) is 18.3. The molecular formula is C26H22ClN3O4. The topological polar surface area (TPSA) is 98.7 Å². The number of carbonyl (C=O) groups excluding carboxylic acids is 1. The van der Waals surface area contributed by atoms with Crippen molar-refractivity contribution in [2.24, 2.45) is 0 Å². The first-order valence-electron chi connectivity index (χ1n) is 10.8. The van der Waals surface area contributed by atoms with E-state index in [1.165, 1.54) is 6.07 Å². The maximum absolute atomic E-state index is 13.5. The Morgan fingerprint density at radius 1 is 1.09 bits per heavy atom. The molecule has 8 heteroatoms. The lowest BCUT2D eigenvalue weighted by atomic mass is 9.95. The summed E-state index contributed by atoms with van der Waals surface area (Å²) in [5.41, 5.74) is 3.68. The van der Waals surface area contributed by atoms with Gasteiger partial charge in [-0.1, -0.05) is 35.9 Å². The number of nitrogens with one attached hydrogen (secondary N) is 1. The van der Waals surface area contributed by atoms with E-state index in [9.17, 15) is 15.0 Å². The predicted molar refractivity (Wildman–Crippen MR) is 128 cm³/mol. The average molecular weight is 476 g/mol. The number of hydrogen-bond donors (Lipinski definition) is 3. The van der Waals surface area contributed by atoms with Crippen LogP contribution in [0.4, 0.5) is 0 Å². The third-order valence-electron chi connectivity index (χ3n) is 6.06. The van der Waals surface area contributed by atoms with Crippen molar-refractivity contribution in [3.63, 3.8) is 0 Å². The largest absolute Gasteiger partial charge is 0.508 e. The Kier molecular flexibility index (Phi) is 5.63. The van der Waals surface area contributed by atoms with Gasteiger partial charge in [-0.3, -0.25) is 9.89 Å². The number of phenolic OH excluding ortho intramolecular Hbond substituents is 2. The van der Waals surface area contributed by atoms with E-state index >= 15 is 0 Å². The Hall–Kier alpha value is -3.97. The van der Waals surface area contributed by atoms with Crippen molar-refractivity contribution in [1.82, 2.24) is 15.1 Å². The Balaban J connectivity index is 1.57. The van der Waals surface area contributed by atoms with Crippen molar-refractivity contribution in [3.05, 3.63) is 94.1 Å². The third kappa shape index (κ3) is 3.84. The van der Waals surface area contributed by atoms with Gasteiger partial charge in [-0.2, -0.15) is 5.10 Å². The molecule has 0 spiro atoms. The number of aromatic nitrogens is 2. The van der Waals surface area contributed by atoms with Crippen LogP contribution in [-0.4, -0.2) is 44.9 Å². The van der Waals surface area contributed by atoms with E-state index < -0.39 is 6.04 Å². The van der Waals surface area contributed by atoms with Gasteiger partial charge < -0.3 is 19.8 Å². The number of hydrogen-bond acceptors (Lipinski definition) is 5. The van der Waals surface area contributed by atoms with Crippen molar-refractivity contribution in [2.75, 3.05) is 13.7 Å². The summed E-state index contributed by atoms with van der Waals surface area (Å²) in [7, 11) is 1.62. The van der Waals surface area contributed by atoms with Gasteiger partial charge in [0, 0.05) is 22.7 Å². The number of phenols is 2. The smallest absolute Gasteiger partial charge is 0.273 e. The van der Waals surface area contributed by atoms with Gasteiger partial charge >= 0.3 is 0 Å². The summed E-state index contributed by atoms with van der Waals surface area (Å²) >= 11 is 6.19. The molecular weight excluding hydrogens is 454 g/mol. The Bertz CT molecular complexity index is 1370. The van der Waals surface area contributed by atoms with E-state index in [1.807, 2.05) is 30.3 Å². The molecule has 1 aliphatic heterocycles. The summed E-state index contributed by atoms with van der Waals surface area (Å²) < 4.78 is 5.23. The van der Waals surface area contributed by atoms with Gasteiger partial charge in [-0.15, -0.1) is 0 Å². The van der Waals surface area contributed by atoms with E-state index in [-0.39, 0.29) is 17.4 Å². The normalized spacial score (nSPS) is 14.9. The molecule has 2 heterocycles. The molecule has 0 saturated carbocycles. The molecule has 1 aromatic heterocycles. The van der Waals surface area contributed by atoms with Crippen molar-refractivity contribution < 1.29 is 19.7 Å². The molecule has 3 N–H and O–H groups in total. The highest BCUT2D eigenvalue weighted by molar-refractivity contribution is 6.31. The lowest BCUT2D eigenvalue weighted by Gasteiger charge is -2.26. The van der Waals surface area contributed by atoms with Gasteiger partial charge in [0.05, 0.1) is 13.2 Å². The number of benzene rings is 3. The van der Waals surface area contributed by atoms with Gasteiger partial charge in [-0.25, -0.2) is 0 Å². The number of ether oxygens (including phenoxy) is 1. The monoisotopic (exact) mass is 475 g/mol. The van der Waals surface area contributed by atoms with E-state index in [0.717, 1.165) is 16.9 Å². The Morgan fingerprint density at radius 2 is 1.88 bits per heavy atom. The van der Waals surface area contributed by atoms with Crippen LogP contribution in [0.15, 0.2) is 66.7 Å². The minimum atomic E-state index is -0.500. The van der Waals surface area contributed by atoms with Crippen LogP contribution in [0.2, 0.25) is 5.02 Å². The molecule has 1 aliphatic rings. The van der Waals surface area contributed by atoms with Crippen molar-refractivity contribution in [2.45, 2.75) is 12.5 Å². The van der Waals surface area contributed by atoms with Crippen molar-refractivity contribution >= 4 is 17.5 Å². The lowest BCUT2D eigenvalue weighted by molar-refractivity contribution is 0.0745. The van der Waals surface area contributed by atoms with Crippen LogP contribution in [0.5, 0.6) is 17.2 Å². The Labute approximate surface area is 201 Å². The molecule has 34 heavy (non-hydrogen) atoms. The van der Waals surface area contributed by atoms with Crippen molar-refractivity contribution in [1.29, 1.82) is 0 Å².